The number of allylic oxidation sites excluding steroid dienone is 1. The molecule has 2 aromatic carbocycles. The van der Waals surface area contributed by atoms with E-state index in [0.717, 1.165) is 11.1 Å². The first-order valence-corrected chi connectivity index (χ1v) is 8.28. The molecule has 0 saturated heterocycles. The van der Waals surface area contributed by atoms with Gasteiger partial charge in [0.1, 0.15) is 5.82 Å². The van der Waals surface area contributed by atoms with Gasteiger partial charge in [-0.3, -0.25) is 4.79 Å². The number of nitrogens with one attached hydrogen (secondary N) is 3. The molecule has 26 heavy (non-hydrogen) atoms. The lowest BCUT2D eigenvalue weighted by molar-refractivity contribution is -0.113. The Morgan fingerprint density at radius 1 is 1.12 bits per heavy atom. The lowest BCUT2D eigenvalue weighted by Gasteiger charge is -2.29. The van der Waals surface area contributed by atoms with Crippen LogP contribution in [0.25, 0.3) is 0 Å². The molecule has 0 fully saturated rings. The average molecular weight is 353 g/mol. The van der Waals surface area contributed by atoms with Crippen molar-refractivity contribution in [2.75, 3.05) is 5.32 Å². The number of benzene rings is 2. The second-order valence-corrected chi connectivity index (χ2v) is 6.36. The van der Waals surface area contributed by atoms with Crippen LogP contribution in [-0.2, 0) is 4.79 Å². The summed E-state index contributed by atoms with van der Waals surface area (Å²) in [5.74, 6) is -0.874. The zero-order chi connectivity index (χ0) is 18.8. The van der Waals surface area contributed by atoms with Crippen molar-refractivity contribution >= 4 is 17.6 Å². The van der Waals surface area contributed by atoms with Gasteiger partial charge in [-0.25, -0.2) is 9.18 Å². The number of hydrogen-bond acceptors (Lipinski definition) is 2. The van der Waals surface area contributed by atoms with E-state index >= 15 is 0 Å². The van der Waals surface area contributed by atoms with Crippen molar-refractivity contribution in [3.05, 3.63) is 76.2 Å². The fourth-order valence-electron chi connectivity index (χ4n) is 3.00. The molecule has 134 valence electrons. The predicted molar refractivity (Wildman–Crippen MR) is 98.1 cm³/mol. The summed E-state index contributed by atoms with van der Waals surface area (Å²) >= 11 is 0. The van der Waals surface area contributed by atoms with Crippen molar-refractivity contribution in [1.82, 2.24) is 10.6 Å². The number of rotatable bonds is 3. The molecular formula is C20H20FN3O2. The summed E-state index contributed by atoms with van der Waals surface area (Å²) < 4.78 is 14.3. The van der Waals surface area contributed by atoms with Crippen LogP contribution in [-0.4, -0.2) is 11.9 Å². The summed E-state index contributed by atoms with van der Waals surface area (Å²) in [6, 6.07) is 10.5. The Morgan fingerprint density at radius 3 is 2.58 bits per heavy atom. The molecule has 5 nitrogen and oxygen atoms in total. The van der Waals surface area contributed by atoms with E-state index in [1.54, 1.807) is 25.1 Å². The second kappa shape index (κ2) is 7.00. The molecule has 1 aliphatic rings. The van der Waals surface area contributed by atoms with E-state index in [1.807, 2.05) is 32.0 Å². The molecule has 1 unspecified atom stereocenters. The minimum absolute atomic E-state index is 0.243. The normalized spacial score (nSPS) is 16.8. The molecule has 0 spiro atoms. The van der Waals surface area contributed by atoms with Crippen LogP contribution in [0.2, 0.25) is 0 Å². The highest BCUT2D eigenvalue weighted by Gasteiger charge is 2.32. The van der Waals surface area contributed by atoms with Gasteiger partial charge in [-0.05, 0) is 44.0 Å². The van der Waals surface area contributed by atoms with E-state index in [9.17, 15) is 14.0 Å². The van der Waals surface area contributed by atoms with E-state index < -0.39 is 23.8 Å². The number of amides is 3. The summed E-state index contributed by atoms with van der Waals surface area (Å²) in [5, 5.41) is 8.10. The van der Waals surface area contributed by atoms with Gasteiger partial charge in [0.05, 0.1) is 11.6 Å². The first kappa shape index (κ1) is 17.7. The molecule has 0 bridgehead atoms. The molecule has 0 saturated carbocycles. The number of hydrogen-bond donors (Lipinski definition) is 3. The molecular weight excluding hydrogens is 333 g/mol. The third-order valence-corrected chi connectivity index (χ3v) is 4.37. The number of carbonyl (C=O) groups is 2. The van der Waals surface area contributed by atoms with Crippen LogP contribution in [0.1, 0.15) is 29.7 Å². The van der Waals surface area contributed by atoms with Gasteiger partial charge in [0.2, 0.25) is 0 Å². The van der Waals surface area contributed by atoms with Gasteiger partial charge >= 0.3 is 6.03 Å². The standard InChI is InChI=1S/C20H20FN3O2/c1-11-8-9-12(2)16(10-11)23-19(25)17-13(3)22-20(26)24-18(17)14-6-4-5-7-15(14)21/h4-10,18H,1-3H3,(H,23,25)(H2,22,24,26). The van der Waals surface area contributed by atoms with Crippen LogP contribution in [0.15, 0.2) is 53.7 Å². The molecule has 1 aliphatic heterocycles. The van der Waals surface area contributed by atoms with E-state index in [2.05, 4.69) is 16.0 Å². The van der Waals surface area contributed by atoms with Crippen molar-refractivity contribution in [3.63, 3.8) is 0 Å². The molecule has 0 radical (unpaired) electrons. The van der Waals surface area contributed by atoms with Crippen molar-refractivity contribution in [3.8, 4) is 0 Å². The van der Waals surface area contributed by atoms with Crippen molar-refractivity contribution < 1.29 is 14.0 Å². The summed E-state index contributed by atoms with van der Waals surface area (Å²) in [4.78, 5) is 24.8. The third-order valence-electron chi connectivity index (χ3n) is 4.37. The van der Waals surface area contributed by atoms with Crippen LogP contribution in [0, 0.1) is 19.7 Å². The smallest absolute Gasteiger partial charge is 0.319 e. The first-order valence-electron chi connectivity index (χ1n) is 8.28. The highest BCUT2D eigenvalue weighted by Crippen LogP contribution is 2.29. The number of urea groups is 1. The van der Waals surface area contributed by atoms with Gasteiger partial charge < -0.3 is 16.0 Å². The average Bonchev–Trinajstić information content (AvgIpc) is 2.57. The van der Waals surface area contributed by atoms with Gasteiger partial charge in [0.25, 0.3) is 5.91 Å². The highest BCUT2D eigenvalue weighted by molar-refractivity contribution is 6.07. The van der Waals surface area contributed by atoms with Crippen LogP contribution in [0.5, 0.6) is 0 Å². The number of carbonyl (C=O) groups excluding carboxylic acids is 2. The molecule has 3 amide bonds. The Hall–Kier alpha value is -3.15. The molecule has 3 rings (SSSR count). The minimum atomic E-state index is -0.866. The molecule has 6 heteroatoms. The summed E-state index contributed by atoms with van der Waals surface area (Å²) in [5.41, 5.74) is 3.52. The maximum atomic E-state index is 14.3. The van der Waals surface area contributed by atoms with Crippen molar-refractivity contribution in [2.24, 2.45) is 0 Å². The number of aryl methyl sites for hydroxylation is 2. The lowest BCUT2D eigenvalue weighted by atomic mass is 9.94. The van der Waals surface area contributed by atoms with Gasteiger partial charge in [-0.15, -0.1) is 0 Å². The predicted octanol–water partition coefficient (Wildman–Crippen LogP) is 3.71. The Morgan fingerprint density at radius 2 is 1.85 bits per heavy atom. The van der Waals surface area contributed by atoms with Gasteiger partial charge in [-0.1, -0.05) is 30.3 Å². The summed E-state index contributed by atoms with van der Waals surface area (Å²) in [6.07, 6.45) is 0. The Balaban J connectivity index is 2.00. The van der Waals surface area contributed by atoms with Crippen LogP contribution in [0.4, 0.5) is 14.9 Å². The fourth-order valence-corrected chi connectivity index (χ4v) is 3.00. The van der Waals surface area contributed by atoms with E-state index in [1.165, 1.54) is 6.07 Å². The Kier molecular flexibility index (Phi) is 4.75. The van der Waals surface area contributed by atoms with Gasteiger partial charge in [0, 0.05) is 16.9 Å². The third kappa shape index (κ3) is 3.44. The summed E-state index contributed by atoms with van der Waals surface area (Å²) in [7, 11) is 0. The number of anilines is 1. The van der Waals surface area contributed by atoms with Crippen LogP contribution < -0.4 is 16.0 Å². The zero-order valence-electron chi connectivity index (χ0n) is 14.8. The molecule has 1 atom stereocenters. The minimum Gasteiger partial charge on any atom is -0.327 e. The Bertz CT molecular complexity index is 921. The molecule has 3 N–H and O–H groups in total. The van der Waals surface area contributed by atoms with Crippen molar-refractivity contribution in [2.45, 2.75) is 26.8 Å². The summed E-state index contributed by atoms with van der Waals surface area (Å²) in [6.45, 7) is 5.46. The monoisotopic (exact) mass is 353 g/mol. The zero-order valence-corrected chi connectivity index (χ0v) is 14.8. The van der Waals surface area contributed by atoms with Gasteiger partial charge in [0.15, 0.2) is 0 Å². The second-order valence-electron chi connectivity index (χ2n) is 6.36. The molecule has 0 aliphatic carbocycles. The lowest BCUT2D eigenvalue weighted by Crippen LogP contribution is -2.46. The van der Waals surface area contributed by atoms with Crippen molar-refractivity contribution in [1.29, 1.82) is 0 Å². The van der Waals surface area contributed by atoms with E-state index in [4.69, 9.17) is 0 Å². The Labute approximate surface area is 151 Å². The van der Waals surface area contributed by atoms with Gasteiger partial charge in [-0.2, -0.15) is 0 Å². The molecule has 2 aromatic rings. The SMILES string of the molecule is CC1=C(C(=O)Nc2cc(C)ccc2C)C(c2ccccc2F)NC(=O)N1. The molecule has 1 heterocycles. The maximum Gasteiger partial charge on any atom is 0.319 e. The first-order chi connectivity index (χ1) is 12.4. The molecule has 0 aromatic heterocycles. The number of halogens is 1. The van der Waals surface area contributed by atoms with E-state index in [0.29, 0.717) is 11.4 Å². The quantitative estimate of drug-likeness (QED) is 0.787. The van der Waals surface area contributed by atoms with Crippen LogP contribution >= 0.6 is 0 Å². The largest absolute Gasteiger partial charge is 0.327 e. The van der Waals surface area contributed by atoms with E-state index in [-0.39, 0.29) is 11.1 Å². The topological polar surface area (TPSA) is 70.2 Å². The fraction of sp³-hybridized carbons (Fsp3) is 0.200. The highest BCUT2D eigenvalue weighted by atomic mass is 19.1. The maximum absolute atomic E-state index is 14.3. The van der Waals surface area contributed by atoms with Crippen LogP contribution in [0.3, 0.4) is 0 Å².